The van der Waals surface area contributed by atoms with Crippen LogP contribution >= 0.6 is 39.1 Å². The van der Waals surface area contributed by atoms with Crippen LogP contribution in [0.4, 0.5) is 0 Å². The molecule has 1 nitrogen and oxygen atoms in total. The van der Waals surface area contributed by atoms with Crippen molar-refractivity contribution in [2.75, 3.05) is 7.11 Å². The van der Waals surface area contributed by atoms with Gasteiger partial charge in [-0.3, -0.25) is 0 Å². The summed E-state index contributed by atoms with van der Waals surface area (Å²) >= 11 is 16.1. The van der Waals surface area contributed by atoms with Crippen LogP contribution in [0.2, 0.25) is 5.02 Å². The van der Waals surface area contributed by atoms with Crippen LogP contribution in [0.5, 0.6) is 5.75 Å². The van der Waals surface area contributed by atoms with Crippen molar-refractivity contribution in [3.05, 3.63) is 62.6 Å². The molecule has 0 fully saturated rings. The molecule has 0 N–H and O–H groups in total. The third kappa shape index (κ3) is 3.25. The first-order valence-corrected chi connectivity index (χ1v) is 7.37. The lowest BCUT2D eigenvalue weighted by atomic mass is 10.0. The molecule has 0 saturated carbocycles. The Kier molecular flexibility index (Phi) is 4.77. The Balaban J connectivity index is 2.45. The number of benzene rings is 2. The maximum atomic E-state index is 6.57. The van der Waals surface area contributed by atoms with Gasteiger partial charge in [0.05, 0.1) is 12.5 Å². The van der Waals surface area contributed by atoms with E-state index in [9.17, 15) is 0 Å². The van der Waals surface area contributed by atoms with Crippen LogP contribution in [0.1, 0.15) is 22.1 Å². The molecule has 0 aromatic heterocycles. The Labute approximate surface area is 131 Å². The van der Waals surface area contributed by atoms with E-state index in [2.05, 4.69) is 15.9 Å². The molecule has 19 heavy (non-hydrogen) atoms. The van der Waals surface area contributed by atoms with Gasteiger partial charge in [-0.25, -0.2) is 0 Å². The van der Waals surface area contributed by atoms with Crippen molar-refractivity contribution in [2.24, 2.45) is 0 Å². The van der Waals surface area contributed by atoms with Crippen LogP contribution in [0.25, 0.3) is 0 Å². The molecule has 0 aliphatic carbocycles. The Bertz CT molecular complexity index is 599. The third-order valence-electron chi connectivity index (χ3n) is 2.94. The lowest BCUT2D eigenvalue weighted by Gasteiger charge is -2.15. The summed E-state index contributed by atoms with van der Waals surface area (Å²) in [5, 5.41) is 0.470. The van der Waals surface area contributed by atoms with Gasteiger partial charge in [-0.2, -0.15) is 0 Å². The summed E-state index contributed by atoms with van der Waals surface area (Å²) in [6.45, 7) is 1.97. The highest BCUT2D eigenvalue weighted by Gasteiger charge is 2.16. The quantitative estimate of drug-likeness (QED) is 0.634. The van der Waals surface area contributed by atoms with Crippen molar-refractivity contribution < 1.29 is 4.74 Å². The van der Waals surface area contributed by atoms with E-state index in [0.717, 1.165) is 31.9 Å². The van der Waals surface area contributed by atoms with E-state index < -0.39 is 0 Å². The lowest BCUT2D eigenvalue weighted by molar-refractivity contribution is 0.410. The van der Waals surface area contributed by atoms with E-state index in [4.69, 9.17) is 27.9 Å². The monoisotopic (exact) mass is 358 g/mol. The molecule has 0 amide bonds. The van der Waals surface area contributed by atoms with E-state index in [1.807, 2.05) is 43.3 Å². The molecular weight excluding hydrogens is 347 g/mol. The van der Waals surface area contributed by atoms with Crippen LogP contribution in [0, 0.1) is 6.92 Å². The average Bonchev–Trinajstić information content (AvgIpc) is 2.41. The molecule has 1 atom stereocenters. The SMILES string of the molecule is COc1ccc(Br)cc1C(Cl)c1ccc(Cl)c(C)c1. The van der Waals surface area contributed by atoms with Crippen LogP contribution in [-0.4, -0.2) is 7.11 Å². The standard InChI is InChI=1S/C15H13BrCl2O/c1-9-7-10(3-5-13(9)17)15(18)12-8-11(16)4-6-14(12)19-2/h3-8,15H,1-2H3. The maximum Gasteiger partial charge on any atom is 0.123 e. The van der Waals surface area contributed by atoms with E-state index >= 15 is 0 Å². The molecule has 0 spiro atoms. The second-order valence-corrected chi connectivity index (χ2v) is 6.02. The summed E-state index contributed by atoms with van der Waals surface area (Å²) in [5.41, 5.74) is 2.94. The van der Waals surface area contributed by atoms with Gasteiger partial charge in [0.1, 0.15) is 5.75 Å². The van der Waals surface area contributed by atoms with Gasteiger partial charge < -0.3 is 4.74 Å². The van der Waals surface area contributed by atoms with Crippen LogP contribution in [-0.2, 0) is 0 Å². The summed E-state index contributed by atoms with van der Waals surface area (Å²) in [6, 6.07) is 11.6. The fraction of sp³-hybridized carbons (Fsp3) is 0.200. The molecule has 0 aliphatic heterocycles. The molecule has 0 saturated heterocycles. The van der Waals surface area contributed by atoms with Gasteiger partial charge in [-0.15, -0.1) is 11.6 Å². The van der Waals surface area contributed by atoms with Crippen molar-refractivity contribution >= 4 is 39.1 Å². The first-order chi connectivity index (χ1) is 9.02. The van der Waals surface area contributed by atoms with E-state index in [1.165, 1.54) is 0 Å². The van der Waals surface area contributed by atoms with Crippen LogP contribution in [0.3, 0.4) is 0 Å². The Morgan fingerprint density at radius 2 is 1.89 bits per heavy atom. The predicted octanol–water partition coefficient (Wildman–Crippen LogP) is 5.75. The number of hydrogen-bond donors (Lipinski definition) is 0. The smallest absolute Gasteiger partial charge is 0.123 e. The second kappa shape index (κ2) is 6.17. The molecule has 0 heterocycles. The van der Waals surface area contributed by atoms with Gasteiger partial charge in [0.25, 0.3) is 0 Å². The van der Waals surface area contributed by atoms with Gasteiger partial charge in [0.2, 0.25) is 0 Å². The molecule has 2 rings (SSSR count). The molecule has 2 aromatic rings. The molecular formula is C15H13BrCl2O. The van der Waals surface area contributed by atoms with Gasteiger partial charge in [0.15, 0.2) is 0 Å². The third-order valence-corrected chi connectivity index (χ3v) is 4.34. The summed E-state index contributed by atoms with van der Waals surface area (Å²) in [4.78, 5) is 0. The molecule has 0 bridgehead atoms. The number of rotatable bonds is 3. The van der Waals surface area contributed by atoms with Crippen molar-refractivity contribution in [1.29, 1.82) is 0 Å². The second-order valence-electron chi connectivity index (χ2n) is 4.26. The zero-order valence-electron chi connectivity index (χ0n) is 10.6. The minimum atomic E-state index is -0.275. The number of halogens is 3. The predicted molar refractivity (Wildman–Crippen MR) is 84.6 cm³/mol. The van der Waals surface area contributed by atoms with Crippen LogP contribution in [0.15, 0.2) is 40.9 Å². The Morgan fingerprint density at radius 1 is 1.16 bits per heavy atom. The molecule has 0 radical (unpaired) electrons. The zero-order chi connectivity index (χ0) is 14.0. The van der Waals surface area contributed by atoms with E-state index in [-0.39, 0.29) is 5.38 Å². The summed E-state index contributed by atoms with van der Waals surface area (Å²) < 4.78 is 6.34. The Hall–Kier alpha value is -0.700. The highest BCUT2D eigenvalue weighted by molar-refractivity contribution is 9.10. The average molecular weight is 360 g/mol. The molecule has 0 aliphatic rings. The van der Waals surface area contributed by atoms with E-state index in [1.54, 1.807) is 7.11 Å². The van der Waals surface area contributed by atoms with Crippen molar-refractivity contribution in [2.45, 2.75) is 12.3 Å². The normalized spacial score (nSPS) is 12.3. The minimum absolute atomic E-state index is 0.275. The summed E-state index contributed by atoms with van der Waals surface area (Å²) in [6.07, 6.45) is 0. The fourth-order valence-electron chi connectivity index (χ4n) is 1.91. The van der Waals surface area contributed by atoms with Gasteiger partial charge in [-0.05, 0) is 42.3 Å². The number of aryl methyl sites for hydroxylation is 1. The molecule has 1 unspecified atom stereocenters. The fourth-order valence-corrected chi connectivity index (χ4v) is 2.71. The topological polar surface area (TPSA) is 9.23 Å². The maximum absolute atomic E-state index is 6.57. The molecule has 4 heteroatoms. The van der Waals surface area contributed by atoms with Gasteiger partial charge in [-0.1, -0.05) is 39.7 Å². The highest BCUT2D eigenvalue weighted by atomic mass is 79.9. The summed E-state index contributed by atoms with van der Waals surface area (Å²) in [5.74, 6) is 0.774. The number of hydrogen-bond acceptors (Lipinski definition) is 1. The number of alkyl halides is 1. The largest absolute Gasteiger partial charge is 0.496 e. The summed E-state index contributed by atoms with van der Waals surface area (Å²) in [7, 11) is 1.64. The van der Waals surface area contributed by atoms with Crippen molar-refractivity contribution in [3.63, 3.8) is 0 Å². The van der Waals surface area contributed by atoms with Crippen molar-refractivity contribution in [3.8, 4) is 5.75 Å². The number of methoxy groups -OCH3 is 1. The van der Waals surface area contributed by atoms with E-state index in [0.29, 0.717) is 0 Å². The zero-order valence-corrected chi connectivity index (χ0v) is 13.7. The van der Waals surface area contributed by atoms with Crippen LogP contribution < -0.4 is 4.74 Å². The Morgan fingerprint density at radius 3 is 2.53 bits per heavy atom. The molecule has 100 valence electrons. The van der Waals surface area contributed by atoms with Gasteiger partial charge in [0, 0.05) is 15.1 Å². The number of ether oxygens (including phenoxy) is 1. The lowest BCUT2D eigenvalue weighted by Crippen LogP contribution is -1.98. The molecule has 2 aromatic carbocycles. The highest BCUT2D eigenvalue weighted by Crippen LogP contribution is 2.37. The van der Waals surface area contributed by atoms with Gasteiger partial charge >= 0.3 is 0 Å². The first-order valence-electron chi connectivity index (χ1n) is 5.76. The van der Waals surface area contributed by atoms with Crippen molar-refractivity contribution in [1.82, 2.24) is 0 Å². The minimum Gasteiger partial charge on any atom is -0.496 e. The first kappa shape index (κ1) is 14.7.